The molecule has 1 aromatic carbocycles. The lowest BCUT2D eigenvalue weighted by atomic mass is 9.73. The van der Waals surface area contributed by atoms with Crippen molar-refractivity contribution in [2.45, 2.75) is 38.5 Å². The van der Waals surface area contributed by atoms with Gasteiger partial charge in [0.05, 0.1) is 0 Å². The molecule has 1 fully saturated rings. The van der Waals surface area contributed by atoms with Crippen LogP contribution < -0.4 is 5.73 Å². The highest BCUT2D eigenvalue weighted by atomic mass is 19.2. The van der Waals surface area contributed by atoms with Crippen LogP contribution in [0.4, 0.5) is 8.78 Å². The van der Waals surface area contributed by atoms with Gasteiger partial charge in [0.15, 0.2) is 11.6 Å². The lowest BCUT2D eigenvalue weighted by molar-refractivity contribution is 0.247. The van der Waals surface area contributed by atoms with E-state index in [1.165, 1.54) is 25.0 Å². The molecule has 2 N–H and O–H groups in total. The van der Waals surface area contributed by atoms with Crippen molar-refractivity contribution in [3.63, 3.8) is 0 Å². The summed E-state index contributed by atoms with van der Waals surface area (Å²) in [6, 6.07) is 4.20. The summed E-state index contributed by atoms with van der Waals surface area (Å²) in [6.45, 7) is 2.76. The van der Waals surface area contributed by atoms with Crippen molar-refractivity contribution in [1.82, 2.24) is 0 Å². The van der Waals surface area contributed by atoms with Crippen LogP contribution in [0.25, 0.3) is 0 Å². The molecule has 1 aliphatic rings. The van der Waals surface area contributed by atoms with E-state index in [2.05, 4.69) is 6.92 Å². The minimum absolute atomic E-state index is 0.155. The van der Waals surface area contributed by atoms with Crippen molar-refractivity contribution < 1.29 is 8.78 Å². The molecular formula is C15H21F2N. The number of rotatable bonds is 3. The molecule has 0 heterocycles. The van der Waals surface area contributed by atoms with Crippen molar-refractivity contribution in [3.05, 3.63) is 35.4 Å². The van der Waals surface area contributed by atoms with Crippen molar-refractivity contribution in [3.8, 4) is 0 Å². The molecule has 0 saturated heterocycles. The molecule has 1 aromatic rings. The molecule has 0 aliphatic heterocycles. The first-order valence-corrected chi connectivity index (χ1v) is 6.76. The van der Waals surface area contributed by atoms with Gasteiger partial charge in [0, 0.05) is 0 Å². The summed E-state index contributed by atoms with van der Waals surface area (Å²) in [5.74, 6) is -0.184. The molecular weight excluding hydrogens is 232 g/mol. The average molecular weight is 253 g/mol. The van der Waals surface area contributed by atoms with Gasteiger partial charge in [0.2, 0.25) is 0 Å². The summed E-state index contributed by atoms with van der Waals surface area (Å²) >= 11 is 0. The SMILES string of the molecule is CC1CCCC(C(CN)c2ccc(F)c(F)c2)C1. The molecule has 0 spiro atoms. The topological polar surface area (TPSA) is 26.0 Å². The van der Waals surface area contributed by atoms with Crippen molar-refractivity contribution in [2.75, 3.05) is 6.54 Å². The molecule has 0 radical (unpaired) electrons. The predicted molar refractivity (Wildman–Crippen MR) is 69.3 cm³/mol. The van der Waals surface area contributed by atoms with Gasteiger partial charge in [-0.3, -0.25) is 0 Å². The highest BCUT2D eigenvalue weighted by Gasteiger charge is 2.27. The fourth-order valence-electron chi connectivity index (χ4n) is 3.19. The van der Waals surface area contributed by atoms with Gasteiger partial charge >= 0.3 is 0 Å². The summed E-state index contributed by atoms with van der Waals surface area (Å²) in [6.07, 6.45) is 4.77. The zero-order chi connectivity index (χ0) is 13.1. The Hall–Kier alpha value is -0.960. The van der Waals surface area contributed by atoms with Crippen LogP contribution in [-0.4, -0.2) is 6.54 Å². The molecule has 2 rings (SSSR count). The van der Waals surface area contributed by atoms with Crippen LogP contribution in [0.15, 0.2) is 18.2 Å². The fourth-order valence-corrected chi connectivity index (χ4v) is 3.19. The van der Waals surface area contributed by atoms with Crippen LogP contribution in [0.5, 0.6) is 0 Å². The van der Waals surface area contributed by atoms with Gasteiger partial charge < -0.3 is 5.73 Å². The third-order valence-electron chi connectivity index (χ3n) is 4.17. The third-order valence-corrected chi connectivity index (χ3v) is 4.17. The number of nitrogens with two attached hydrogens (primary N) is 1. The van der Waals surface area contributed by atoms with E-state index >= 15 is 0 Å². The second-order valence-corrected chi connectivity index (χ2v) is 5.55. The Morgan fingerprint density at radius 2 is 2.06 bits per heavy atom. The first-order valence-electron chi connectivity index (χ1n) is 6.76. The maximum atomic E-state index is 13.3. The number of halogens is 2. The highest BCUT2D eigenvalue weighted by molar-refractivity contribution is 5.23. The molecule has 0 amide bonds. The first-order chi connectivity index (χ1) is 8.61. The minimum atomic E-state index is -0.786. The quantitative estimate of drug-likeness (QED) is 0.870. The van der Waals surface area contributed by atoms with Crippen LogP contribution >= 0.6 is 0 Å². The second-order valence-electron chi connectivity index (χ2n) is 5.55. The van der Waals surface area contributed by atoms with E-state index in [-0.39, 0.29) is 5.92 Å². The molecule has 1 aliphatic carbocycles. The number of hydrogen-bond donors (Lipinski definition) is 1. The van der Waals surface area contributed by atoms with E-state index in [0.717, 1.165) is 18.4 Å². The van der Waals surface area contributed by atoms with Crippen molar-refractivity contribution in [2.24, 2.45) is 17.6 Å². The molecule has 3 heteroatoms. The van der Waals surface area contributed by atoms with Crippen LogP contribution in [-0.2, 0) is 0 Å². The van der Waals surface area contributed by atoms with Gasteiger partial charge in [-0.15, -0.1) is 0 Å². The third kappa shape index (κ3) is 2.89. The molecule has 3 unspecified atom stereocenters. The standard InChI is InChI=1S/C15H21F2N/c1-10-3-2-4-11(7-10)13(9-18)12-5-6-14(16)15(17)8-12/h5-6,8,10-11,13H,2-4,7,9,18H2,1H3. The maximum Gasteiger partial charge on any atom is 0.159 e. The van der Waals surface area contributed by atoms with E-state index in [0.29, 0.717) is 18.4 Å². The zero-order valence-electron chi connectivity index (χ0n) is 10.8. The molecule has 1 nitrogen and oxygen atoms in total. The Kier molecular flexibility index (Phi) is 4.33. The second kappa shape index (κ2) is 5.79. The Bertz CT molecular complexity index is 405. The smallest absolute Gasteiger partial charge is 0.159 e. The number of benzene rings is 1. The molecule has 3 atom stereocenters. The summed E-state index contributed by atoms with van der Waals surface area (Å²) in [5.41, 5.74) is 6.70. The highest BCUT2D eigenvalue weighted by Crippen LogP contribution is 2.38. The predicted octanol–water partition coefficient (Wildman–Crippen LogP) is 3.83. The Balaban J connectivity index is 2.18. The zero-order valence-corrected chi connectivity index (χ0v) is 10.8. The van der Waals surface area contributed by atoms with Crippen LogP contribution in [0, 0.1) is 23.5 Å². The summed E-state index contributed by atoms with van der Waals surface area (Å²) in [5, 5.41) is 0. The largest absolute Gasteiger partial charge is 0.330 e. The number of hydrogen-bond acceptors (Lipinski definition) is 1. The maximum absolute atomic E-state index is 13.3. The minimum Gasteiger partial charge on any atom is -0.330 e. The van der Waals surface area contributed by atoms with E-state index in [1.54, 1.807) is 6.07 Å². The molecule has 18 heavy (non-hydrogen) atoms. The van der Waals surface area contributed by atoms with E-state index in [4.69, 9.17) is 5.73 Å². The normalized spacial score (nSPS) is 26.0. The summed E-state index contributed by atoms with van der Waals surface area (Å²) in [7, 11) is 0. The Labute approximate surface area is 107 Å². The Morgan fingerprint density at radius 1 is 1.28 bits per heavy atom. The van der Waals surface area contributed by atoms with E-state index < -0.39 is 11.6 Å². The monoisotopic (exact) mass is 253 g/mol. The first kappa shape index (κ1) is 13.5. The van der Waals surface area contributed by atoms with Crippen LogP contribution in [0.2, 0.25) is 0 Å². The molecule has 1 saturated carbocycles. The van der Waals surface area contributed by atoms with Gasteiger partial charge in [-0.2, -0.15) is 0 Å². The average Bonchev–Trinajstić information content (AvgIpc) is 2.35. The molecule has 0 aromatic heterocycles. The molecule has 100 valence electrons. The van der Waals surface area contributed by atoms with E-state index in [9.17, 15) is 8.78 Å². The van der Waals surface area contributed by atoms with Crippen molar-refractivity contribution >= 4 is 0 Å². The Morgan fingerprint density at radius 3 is 2.67 bits per heavy atom. The lowest BCUT2D eigenvalue weighted by Crippen LogP contribution is -2.26. The van der Waals surface area contributed by atoms with Crippen LogP contribution in [0.1, 0.15) is 44.1 Å². The van der Waals surface area contributed by atoms with Gasteiger partial charge in [-0.1, -0.05) is 25.8 Å². The van der Waals surface area contributed by atoms with Gasteiger partial charge in [0.1, 0.15) is 0 Å². The van der Waals surface area contributed by atoms with Crippen molar-refractivity contribution in [1.29, 1.82) is 0 Å². The molecule has 0 bridgehead atoms. The van der Waals surface area contributed by atoms with Gasteiger partial charge in [-0.25, -0.2) is 8.78 Å². The van der Waals surface area contributed by atoms with Gasteiger partial charge in [0.25, 0.3) is 0 Å². The summed E-state index contributed by atoms with van der Waals surface area (Å²) < 4.78 is 26.3. The lowest BCUT2D eigenvalue weighted by Gasteiger charge is -2.33. The fraction of sp³-hybridized carbons (Fsp3) is 0.600. The van der Waals surface area contributed by atoms with Crippen LogP contribution in [0.3, 0.4) is 0 Å². The van der Waals surface area contributed by atoms with E-state index in [1.807, 2.05) is 0 Å². The van der Waals surface area contributed by atoms with Gasteiger partial charge in [-0.05, 0) is 54.8 Å². The summed E-state index contributed by atoms with van der Waals surface area (Å²) in [4.78, 5) is 0.